The van der Waals surface area contributed by atoms with E-state index in [1.807, 2.05) is 84.9 Å². The number of para-hydroxylation sites is 1. The lowest BCUT2D eigenvalue weighted by molar-refractivity contribution is 1.00. The number of nitrogens with zero attached hydrogens (tertiary/aromatic N) is 2. The standard InChI is InChI=1S/C22H18N6S2/c29-21(23-16-11-5-2-6-12-16)24-22(30)28-27-20-18-14-8-7-13-17(18)19(25-26-20)15-9-3-1-4-10-15/h1-14H,(H,26,27)(H3,23,24,28,29,30). The number of nitrogens with one attached hydrogen (secondary N) is 4. The summed E-state index contributed by atoms with van der Waals surface area (Å²) in [5, 5.41) is 17.3. The molecule has 0 saturated carbocycles. The Kier molecular flexibility index (Phi) is 6.07. The third kappa shape index (κ3) is 4.68. The fourth-order valence-corrected chi connectivity index (χ4v) is 3.38. The predicted octanol–water partition coefficient (Wildman–Crippen LogP) is 4.48. The number of rotatable bonds is 4. The predicted molar refractivity (Wildman–Crippen MR) is 130 cm³/mol. The maximum absolute atomic E-state index is 5.31. The molecule has 0 aliphatic rings. The van der Waals surface area contributed by atoms with Crippen molar-refractivity contribution in [2.24, 2.45) is 0 Å². The molecule has 0 saturated heterocycles. The first kappa shape index (κ1) is 19.7. The van der Waals surface area contributed by atoms with Crippen LogP contribution >= 0.6 is 24.4 Å². The molecule has 0 unspecified atom stereocenters. The summed E-state index contributed by atoms with van der Waals surface area (Å²) >= 11 is 10.6. The van der Waals surface area contributed by atoms with Crippen LogP contribution in [0.4, 0.5) is 11.5 Å². The molecule has 0 spiro atoms. The maximum Gasteiger partial charge on any atom is 0.191 e. The molecule has 0 atom stereocenters. The molecule has 148 valence electrons. The van der Waals surface area contributed by atoms with E-state index in [9.17, 15) is 0 Å². The average Bonchev–Trinajstić information content (AvgIpc) is 2.78. The van der Waals surface area contributed by atoms with Gasteiger partial charge in [0.2, 0.25) is 0 Å². The van der Waals surface area contributed by atoms with Crippen molar-refractivity contribution in [3.8, 4) is 11.3 Å². The molecule has 0 fully saturated rings. The van der Waals surface area contributed by atoms with Gasteiger partial charge in [-0.05, 0) is 36.6 Å². The van der Waals surface area contributed by atoms with Gasteiger partial charge in [-0.25, -0.2) is 0 Å². The molecule has 0 aliphatic heterocycles. The minimum absolute atomic E-state index is 0.307. The Bertz CT molecular complexity index is 1180. The highest BCUT2D eigenvalue weighted by atomic mass is 32.1. The fourth-order valence-electron chi connectivity index (χ4n) is 2.94. The Labute approximate surface area is 184 Å². The molecule has 1 aromatic heterocycles. The van der Waals surface area contributed by atoms with E-state index in [1.165, 1.54) is 0 Å². The third-order valence-electron chi connectivity index (χ3n) is 4.29. The van der Waals surface area contributed by atoms with Crippen molar-refractivity contribution >= 4 is 56.9 Å². The second-order valence-electron chi connectivity index (χ2n) is 6.33. The summed E-state index contributed by atoms with van der Waals surface area (Å²) in [6.45, 7) is 0. The Morgan fingerprint density at radius 1 is 0.667 bits per heavy atom. The van der Waals surface area contributed by atoms with Gasteiger partial charge in [-0.1, -0.05) is 72.8 Å². The van der Waals surface area contributed by atoms with Crippen LogP contribution in [0.5, 0.6) is 0 Å². The van der Waals surface area contributed by atoms with Crippen LogP contribution in [0.25, 0.3) is 22.0 Å². The molecule has 4 rings (SSSR count). The lowest BCUT2D eigenvalue weighted by Gasteiger charge is -2.15. The molecular formula is C22H18N6S2. The Hall–Kier alpha value is -3.62. The smallest absolute Gasteiger partial charge is 0.191 e. The van der Waals surface area contributed by atoms with Crippen molar-refractivity contribution in [1.29, 1.82) is 0 Å². The first-order valence-corrected chi connectivity index (χ1v) is 10.0. The van der Waals surface area contributed by atoms with Crippen LogP contribution in [0.1, 0.15) is 0 Å². The lowest BCUT2D eigenvalue weighted by Crippen LogP contribution is -2.43. The highest BCUT2D eigenvalue weighted by molar-refractivity contribution is 7.82. The number of hydrogen-bond donors (Lipinski definition) is 4. The zero-order valence-electron chi connectivity index (χ0n) is 15.8. The largest absolute Gasteiger partial charge is 0.332 e. The van der Waals surface area contributed by atoms with Crippen molar-refractivity contribution in [2.75, 3.05) is 10.7 Å². The summed E-state index contributed by atoms with van der Waals surface area (Å²) in [5.41, 5.74) is 8.64. The maximum atomic E-state index is 5.31. The third-order valence-corrected chi connectivity index (χ3v) is 4.70. The van der Waals surface area contributed by atoms with Gasteiger partial charge in [0.15, 0.2) is 16.0 Å². The molecule has 3 aromatic carbocycles. The minimum Gasteiger partial charge on any atom is -0.332 e. The van der Waals surface area contributed by atoms with E-state index in [-0.39, 0.29) is 0 Å². The molecule has 0 radical (unpaired) electrons. The number of thiocarbonyl (C=S) groups is 2. The van der Waals surface area contributed by atoms with Gasteiger partial charge in [0.25, 0.3) is 0 Å². The SMILES string of the molecule is S=C(NNc1nnc(-c2ccccc2)c2ccccc12)NC(=S)Nc1ccccc1. The minimum atomic E-state index is 0.307. The van der Waals surface area contributed by atoms with Gasteiger partial charge < -0.3 is 10.6 Å². The van der Waals surface area contributed by atoms with Gasteiger partial charge in [-0.3, -0.25) is 10.9 Å². The first-order chi connectivity index (χ1) is 14.7. The van der Waals surface area contributed by atoms with E-state index in [0.29, 0.717) is 16.0 Å². The molecule has 8 heteroatoms. The molecule has 6 nitrogen and oxygen atoms in total. The zero-order valence-corrected chi connectivity index (χ0v) is 17.4. The molecule has 4 N–H and O–H groups in total. The number of hydrogen-bond acceptors (Lipinski definition) is 5. The molecule has 1 heterocycles. The molecule has 0 aliphatic carbocycles. The quantitative estimate of drug-likeness (QED) is 0.279. The number of fused-ring (bicyclic) bond motifs is 1. The molecule has 4 aromatic rings. The van der Waals surface area contributed by atoms with Gasteiger partial charge in [0.1, 0.15) is 5.69 Å². The summed E-state index contributed by atoms with van der Waals surface area (Å²) in [7, 11) is 0. The number of benzene rings is 3. The van der Waals surface area contributed by atoms with Crippen molar-refractivity contribution in [2.45, 2.75) is 0 Å². The van der Waals surface area contributed by atoms with Gasteiger partial charge in [0.05, 0.1) is 0 Å². The highest BCUT2D eigenvalue weighted by Crippen LogP contribution is 2.29. The van der Waals surface area contributed by atoms with E-state index >= 15 is 0 Å². The summed E-state index contributed by atoms with van der Waals surface area (Å²) in [6.07, 6.45) is 0. The summed E-state index contributed by atoms with van der Waals surface area (Å²) in [5.74, 6) is 0.566. The summed E-state index contributed by atoms with van der Waals surface area (Å²) < 4.78 is 0. The zero-order chi connectivity index (χ0) is 20.8. The summed E-state index contributed by atoms with van der Waals surface area (Å²) in [4.78, 5) is 0. The van der Waals surface area contributed by atoms with Crippen LogP contribution in [0.3, 0.4) is 0 Å². The van der Waals surface area contributed by atoms with Gasteiger partial charge in [-0.2, -0.15) is 0 Å². The van der Waals surface area contributed by atoms with Crippen LogP contribution in [0, 0.1) is 0 Å². The van der Waals surface area contributed by atoms with Crippen LogP contribution < -0.4 is 21.5 Å². The van der Waals surface area contributed by atoms with Crippen molar-refractivity contribution < 1.29 is 0 Å². The van der Waals surface area contributed by atoms with E-state index in [0.717, 1.165) is 27.7 Å². The summed E-state index contributed by atoms with van der Waals surface area (Å²) in [6, 6.07) is 27.5. The Morgan fingerprint density at radius 3 is 2.03 bits per heavy atom. The Balaban J connectivity index is 1.45. The van der Waals surface area contributed by atoms with Crippen LogP contribution in [-0.2, 0) is 0 Å². The number of hydrazine groups is 1. The van der Waals surface area contributed by atoms with Crippen molar-refractivity contribution in [3.63, 3.8) is 0 Å². The topological polar surface area (TPSA) is 73.9 Å². The highest BCUT2D eigenvalue weighted by Gasteiger charge is 2.11. The fraction of sp³-hybridized carbons (Fsp3) is 0. The van der Waals surface area contributed by atoms with Crippen molar-refractivity contribution in [1.82, 2.24) is 20.9 Å². The van der Waals surface area contributed by atoms with Crippen LogP contribution in [0.2, 0.25) is 0 Å². The van der Waals surface area contributed by atoms with E-state index in [4.69, 9.17) is 24.4 Å². The van der Waals surface area contributed by atoms with Crippen LogP contribution in [-0.4, -0.2) is 20.4 Å². The second kappa shape index (κ2) is 9.25. The molecule has 0 bridgehead atoms. The van der Waals surface area contributed by atoms with Gasteiger partial charge in [0, 0.05) is 22.0 Å². The van der Waals surface area contributed by atoms with Gasteiger partial charge in [-0.15, -0.1) is 10.2 Å². The molecule has 30 heavy (non-hydrogen) atoms. The van der Waals surface area contributed by atoms with Crippen molar-refractivity contribution in [3.05, 3.63) is 84.9 Å². The Morgan fingerprint density at radius 2 is 1.30 bits per heavy atom. The van der Waals surface area contributed by atoms with Crippen LogP contribution in [0.15, 0.2) is 84.9 Å². The van der Waals surface area contributed by atoms with E-state index in [1.54, 1.807) is 0 Å². The average molecular weight is 431 g/mol. The molecular weight excluding hydrogens is 412 g/mol. The lowest BCUT2D eigenvalue weighted by atomic mass is 10.0. The van der Waals surface area contributed by atoms with Gasteiger partial charge >= 0.3 is 0 Å². The van der Waals surface area contributed by atoms with E-state index < -0.39 is 0 Å². The van der Waals surface area contributed by atoms with E-state index in [2.05, 4.69) is 31.7 Å². The normalized spacial score (nSPS) is 10.3. The first-order valence-electron chi connectivity index (χ1n) is 9.20. The monoisotopic (exact) mass is 430 g/mol. The molecule has 0 amide bonds. The number of anilines is 2. The number of aromatic nitrogens is 2. The second-order valence-corrected chi connectivity index (χ2v) is 7.15.